The molecule has 17 heavy (non-hydrogen) atoms. The first-order chi connectivity index (χ1) is 8.06. The van der Waals surface area contributed by atoms with Crippen LogP contribution in [0.2, 0.25) is 0 Å². The molecule has 0 fully saturated rings. The molecule has 1 heterocycles. The van der Waals surface area contributed by atoms with Crippen molar-refractivity contribution in [2.24, 2.45) is 0 Å². The molecule has 2 rings (SSSR count). The van der Waals surface area contributed by atoms with Crippen molar-refractivity contribution in [2.75, 3.05) is 0 Å². The first-order valence-corrected chi connectivity index (χ1v) is 9.47. The maximum atomic E-state index is 5.89. The van der Waals surface area contributed by atoms with E-state index in [0.717, 1.165) is 17.4 Å². The zero-order chi connectivity index (χ0) is 12.4. The molecule has 2 aromatic rings. The molecule has 0 radical (unpaired) electrons. The molecule has 90 valence electrons. The number of benzene rings is 1. The van der Waals surface area contributed by atoms with E-state index in [1.54, 1.807) is 11.3 Å². The maximum absolute atomic E-state index is 5.89. The molecule has 1 nitrogen and oxygen atoms in total. The van der Waals surface area contributed by atoms with Crippen molar-refractivity contribution in [3.05, 3.63) is 43.6 Å². The van der Waals surface area contributed by atoms with Crippen molar-refractivity contribution in [3.8, 4) is 5.75 Å². The highest BCUT2D eigenvalue weighted by Gasteiger charge is 2.08. The van der Waals surface area contributed by atoms with Crippen LogP contribution in [0.1, 0.15) is 4.88 Å². The van der Waals surface area contributed by atoms with E-state index in [-0.39, 0.29) is 0 Å². The van der Waals surface area contributed by atoms with Crippen molar-refractivity contribution in [1.82, 2.24) is 0 Å². The molecule has 0 saturated heterocycles. The molecule has 0 amide bonds. The van der Waals surface area contributed by atoms with Crippen LogP contribution in [0.25, 0.3) is 0 Å². The monoisotopic (exact) mass is 646 g/mol. The number of halogens is 4. The van der Waals surface area contributed by atoms with Crippen LogP contribution >= 0.6 is 95.0 Å². The van der Waals surface area contributed by atoms with Crippen molar-refractivity contribution in [1.29, 1.82) is 0 Å². The number of hydrogen-bond donors (Lipinski definition) is 0. The number of rotatable bonds is 3. The van der Waals surface area contributed by atoms with E-state index < -0.39 is 0 Å². The van der Waals surface area contributed by atoms with Gasteiger partial charge < -0.3 is 4.74 Å². The minimum Gasteiger partial charge on any atom is -0.486 e. The summed E-state index contributed by atoms with van der Waals surface area (Å²) in [5.41, 5.74) is 0. The summed E-state index contributed by atoms with van der Waals surface area (Å²) < 4.78 is 10.6. The molecule has 0 unspecified atom stereocenters. The lowest BCUT2D eigenvalue weighted by Crippen LogP contribution is -1.97. The van der Waals surface area contributed by atoms with Gasteiger partial charge >= 0.3 is 0 Å². The summed E-state index contributed by atoms with van der Waals surface area (Å²) in [4.78, 5) is 1.22. The van der Waals surface area contributed by atoms with Gasteiger partial charge in [-0.1, -0.05) is 0 Å². The maximum Gasteiger partial charge on any atom is 0.146 e. The zero-order valence-electron chi connectivity index (χ0n) is 8.34. The second kappa shape index (κ2) is 6.71. The van der Waals surface area contributed by atoms with Gasteiger partial charge in [0.2, 0.25) is 0 Å². The van der Waals surface area contributed by atoms with Crippen LogP contribution in [0.15, 0.2) is 28.1 Å². The average Bonchev–Trinajstić information content (AvgIpc) is 2.62. The molecule has 1 aromatic carbocycles. The van der Waals surface area contributed by atoms with Crippen LogP contribution in [0.4, 0.5) is 0 Å². The second-order valence-electron chi connectivity index (χ2n) is 3.22. The molecule has 0 aliphatic heterocycles. The smallest absolute Gasteiger partial charge is 0.146 e. The van der Waals surface area contributed by atoms with E-state index in [2.05, 4.69) is 107 Å². The first-order valence-electron chi connectivity index (χ1n) is 4.56. The minimum absolute atomic E-state index is 0.628. The highest BCUT2D eigenvalue weighted by molar-refractivity contribution is 14.1. The van der Waals surface area contributed by atoms with Crippen LogP contribution in [0, 0.1) is 10.7 Å². The quantitative estimate of drug-likeness (QED) is 0.378. The molecular formula is C11H6BrI3OS. The van der Waals surface area contributed by atoms with Crippen LogP contribution in [0.3, 0.4) is 0 Å². The van der Waals surface area contributed by atoms with Crippen LogP contribution in [-0.4, -0.2) is 0 Å². The lowest BCUT2D eigenvalue weighted by Gasteiger charge is -2.09. The Morgan fingerprint density at radius 3 is 2.29 bits per heavy atom. The van der Waals surface area contributed by atoms with Crippen molar-refractivity contribution in [3.63, 3.8) is 0 Å². The highest BCUT2D eigenvalue weighted by Crippen LogP contribution is 2.31. The Hall–Kier alpha value is 1.39. The molecule has 6 heteroatoms. The fraction of sp³-hybridized carbons (Fsp3) is 0.0909. The normalized spacial score (nSPS) is 10.6. The van der Waals surface area contributed by atoms with E-state index in [9.17, 15) is 0 Å². The zero-order valence-corrected chi connectivity index (χ0v) is 17.2. The fourth-order valence-corrected chi connectivity index (χ4v) is 6.50. The lowest BCUT2D eigenvalue weighted by molar-refractivity contribution is 0.305. The van der Waals surface area contributed by atoms with Gasteiger partial charge in [0.25, 0.3) is 0 Å². The summed E-state index contributed by atoms with van der Waals surface area (Å²) in [6.07, 6.45) is 0. The van der Waals surface area contributed by atoms with Crippen LogP contribution in [-0.2, 0) is 6.61 Å². The average molecular weight is 647 g/mol. The predicted octanol–water partition coefficient (Wildman–Crippen LogP) is 5.90. The summed E-state index contributed by atoms with van der Waals surface area (Å²) in [7, 11) is 0. The van der Waals surface area contributed by atoms with Gasteiger partial charge in [-0.15, -0.1) is 11.3 Å². The van der Waals surface area contributed by atoms with Crippen molar-refractivity contribution in [2.45, 2.75) is 6.61 Å². The third-order valence-electron chi connectivity index (χ3n) is 1.94. The SMILES string of the molecule is Brc1csc(COc2c(I)cc(I)cc2I)c1. The highest BCUT2D eigenvalue weighted by atomic mass is 127. The molecule has 0 aliphatic carbocycles. The molecule has 0 atom stereocenters. The van der Waals surface area contributed by atoms with Crippen LogP contribution < -0.4 is 4.74 Å². The standard InChI is InChI=1S/C11H6BrI3OS/c12-6-1-8(17-5-6)4-16-11-9(14)2-7(13)3-10(11)15/h1-3,5H,4H2. The van der Waals surface area contributed by atoms with Gasteiger partial charge in [0, 0.05) is 18.3 Å². The molecule has 0 saturated carbocycles. The van der Waals surface area contributed by atoms with Gasteiger partial charge in [-0.2, -0.15) is 0 Å². The number of thiophene rings is 1. The summed E-state index contributed by atoms with van der Waals surface area (Å²) in [5.74, 6) is 0.983. The Morgan fingerprint density at radius 2 is 1.76 bits per heavy atom. The Labute approximate surface area is 153 Å². The van der Waals surface area contributed by atoms with Gasteiger partial charge in [-0.05, 0) is 102 Å². The van der Waals surface area contributed by atoms with Crippen molar-refractivity contribution < 1.29 is 4.74 Å². The van der Waals surface area contributed by atoms with Gasteiger partial charge in [0.1, 0.15) is 12.4 Å². The van der Waals surface area contributed by atoms with E-state index >= 15 is 0 Å². The number of ether oxygens (including phenoxy) is 1. The topological polar surface area (TPSA) is 9.23 Å². The Kier molecular flexibility index (Phi) is 5.84. The van der Waals surface area contributed by atoms with Gasteiger partial charge in [0.15, 0.2) is 0 Å². The third-order valence-corrected chi connectivity index (χ3v) is 5.84. The lowest BCUT2D eigenvalue weighted by atomic mass is 10.3. The molecular weight excluding hydrogens is 641 g/mol. The Morgan fingerprint density at radius 1 is 1.12 bits per heavy atom. The summed E-state index contributed by atoms with van der Waals surface area (Å²) in [5, 5.41) is 2.07. The van der Waals surface area contributed by atoms with E-state index in [1.807, 2.05) is 0 Å². The van der Waals surface area contributed by atoms with Crippen molar-refractivity contribution >= 4 is 95.0 Å². The van der Waals surface area contributed by atoms with E-state index in [4.69, 9.17) is 4.74 Å². The van der Waals surface area contributed by atoms with E-state index in [0.29, 0.717) is 6.61 Å². The number of hydrogen-bond acceptors (Lipinski definition) is 2. The fourth-order valence-electron chi connectivity index (χ4n) is 1.24. The third kappa shape index (κ3) is 4.18. The molecule has 1 aromatic heterocycles. The largest absolute Gasteiger partial charge is 0.486 e. The Balaban J connectivity index is 2.14. The minimum atomic E-state index is 0.628. The molecule has 0 aliphatic rings. The molecule has 0 bridgehead atoms. The van der Waals surface area contributed by atoms with Gasteiger partial charge in [0.05, 0.1) is 7.14 Å². The Bertz CT molecular complexity index is 518. The molecule has 0 N–H and O–H groups in total. The van der Waals surface area contributed by atoms with Gasteiger partial charge in [-0.25, -0.2) is 0 Å². The van der Waals surface area contributed by atoms with Gasteiger partial charge in [-0.3, -0.25) is 0 Å². The summed E-state index contributed by atoms with van der Waals surface area (Å²) in [6.45, 7) is 0.628. The van der Waals surface area contributed by atoms with Crippen LogP contribution in [0.5, 0.6) is 5.75 Å². The van der Waals surface area contributed by atoms with E-state index in [1.165, 1.54) is 8.45 Å². The summed E-state index contributed by atoms with van der Waals surface area (Å²) in [6, 6.07) is 6.35. The predicted molar refractivity (Wildman–Crippen MR) is 101 cm³/mol. The molecule has 0 spiro atoms. The second-order valence-corrected chi connectivity index (χ2v) is 8.70. The summed E-state index contributed by atoms with van der Waals surface area (Å²) >= 11 is 12.1. The first kappa shape index (κ1) is 14.8.